The summed E-state index contributed by atoms with van der Waals surface area (Å²) in [6.45, 7) is 0.860. The Hall–Kier alpha value is -1.08. The molecule has 1 aromatic heterocycles. The molecule has 3 fully saturated rings. The molecule has 126 valence electrons. The van der Waals surface area contributed by atoms with E-state index in [2.05, 4.69) is 15.5 Å². The molecule has 0 spiro atoms. The molecule has 0 unspecified atom stereocenters. The average Bonchev–Trinajstić information content (AvgIpc) is 3.25. The molecule has 2 aliphatic carbocycles. The number of hydrogen-bond acceptors (Lipinski definition) is 5. The van der Waals surface area contributed by atoms with Crippen molar-refractivity contribution in [1.82, 2.24) is 20.1 Å². The third-order valence-corrected chi connectivity index (χ3v) is 6.75. The van der Waals surface area contributed by atoms with Crippen molar-refractivity contribution in [3.05, 3.63) is 6.33 Å². The van der Waals surface area contributed by atoms with Crippen LogP contribution in [0.5, 0.6) is 0 Å². The second kappa shape index (κ2) is 6.43. The Morgan fingerprint density at radius 3 is 3.00 bits per heavy atom. The fraction of sp³-hybridized carbons (Fsp3) is 0.812. The number of nitrogens with zero attached hydrogens (tertiary/aromatic N) is 3. The van der Waals surface area contributed by atoms with Crippen molar-refractivity contribution < 1.29 is 9.53 Å². The largest absolute Gasteiger partial charge is 0.377 e. The second-order valence-corrected chi connectivity index (χ2v) is 7.96. The summed E-state index contributed by atoms with van der Waals surface area (Å²) >= 11 is 1.44. The van der Waals surface area contributed by atoms with Crippen LogP contribution in [0.1, 0.15) is 32.1 Å². The molecule has 0 bridgehead atoms. The second-order valence-electron chi connectivity index (χ2n) is 7.02. The Morgan fingerprint density at radius 1 is 1.43 bits per heavy atom. The van der Waals surface area contributed by atoms with Gasteiger partial charge in [-0.25, -0.2) is 0 Å². The molecule has 1 aliphatic heterocycles. The van der Waals surface area contributed by atoms with Crippen molar-refractivity contribution in [2.45, 2.75) is 49.4 Å². The molecule has 7 heteroatoms. The predicted octanol–water partition coefficient (Wildman–Crippen LogP) is 1.62. The maximum absolute atomic E-state index is 12.4. The van der Waals surface area contributed by atoms with Crippen LogP contribution < -0.4 is 5.32 Å². The lowest BCUT2D eigenvalue weighted by Crippen LogP contribution is -2.63. The van der Waals surface area contributed by atoms with Crippen LogP contribution >= 0.6 is 11.8 Å². The molecule has 2 heterocycles. The van der Waals surface area contributed by atoms with Crippen LogP contribution in [-0.2, 0) is 16.6 Å². The van der Waals surface area contributed by atoms with Gasteiger partial charge in [-0.2, -0.15) is 0 Å². The molecule has 3 aliphatic rings. The number of fused-ring (bicyclic) bond motifs is 1. The standard InChI is InChI=1S/C16H24N4O2S/c1-20-9-17-19-16(20)23-8-12(21)18-14-11-6-7-22-15(11)13(14)10-4-2-3-5-10/h9-11,13-15H,2-8H2,1H3,(H,18,21)/t11-,13+,14-,15-/m0/s1. The van der Waals surface area contributed by atoms with E-state index in [1.54, 1.807) is 6.33 Å². The first kappa shape index (κ1) is 15.4. The first-order valence-corrected chi connectivity index (χ1v) is 9.60. The van der Waals surface area contributed by atoms with Gasteiger partial charge in [-0.05, 0) is 12.3 Å². The Kier molecular flexibility index (Phi) is 4.32. The van der Waals surface area contributed by atoms with Crippen LogP contribution in [0.2, 0.25) is 0 Å². The fourth-order valence-electron chi connectivity index (χ4n) is 4.62. The van der Waals surface area contributed by atoms with Crippen molar-refractivity contribution in [2.75, 3.05) is 12.4 Å². The molecule has 0 radical (unpaired) electrons. The van der Waals surface area contributed by atoms with Crippen LogP contribution in [0, 0.1) is 17.8 Å². The molecule has 23 heavy (non-hydrogen) atoms. The number of thioether (sulfide) groups is 1. The number of amides is 1. The molecular formula is C16H24N4O2S. The van der Waals surface area contributed by atoms with Gasteiger partial charge in [0.15, 0.2) is 5.16 Å². The van der Waals surface area contributed by atoms with Gasteiger partial charge in [0.05, 0.1) is 11.9 Å². The number of rotatable bonds is 5. The van der Waals surface area contributed by atoms with Crippen molar-refractivity contribution in [3.63, 3.8) is 0 Å². The van der Waals surface area contributed by atoms with E-state index in [1.165, 1.54) is 37.4 Å². The summed E-state index contributed by atoms with van der Waals surface area (Å²) in [4.78, 5) is 12.4. The van der Waals surface area contributed by atoms with E-state index in [0.29, 0.717) is 29.7 Å². The third kappa shape index (κ3) is 2.89. The van der Waals surface area contributed by atoms with Gasteiger partial charge < -0.3 is 14.6 Å². The van der Waals surface area contributed by atoms with E-state index in [9.17, 15) is 4.79 Å². The SMILES string of the molecule is Cn1cnnc1SCC(=O)N[C@H]1[C@@H]2CCO[C@@H]2[C@@H]1C1CCCC1. The molecule has 4 atom stereocenters. The summed E-state index contributed by atoms with van der Waals surface area (Å²) in [7, 11) is 1.89. The molecule has 1 aromatic rings. The minimum absolute atomic E-state index is 0.108. The van der Waals surface area contributed by atoms with Gasteiger partial charge in [-0.15, -0.1) is 10.2 Å². The fourth-order valence-corrected chi connectivity index (χ4v) is 5.32. The van der Waals surface area contributed by atoms with Gasteiger partial charge in [0.1, 0.15) is 6.33 Å². The lowest BCUT2D eigenvalue weighted by molar-refractivity contribution is -0.127. The van der Waals surface area contributed by atoms with Crippen molar-refractivity contribution in [1.29, 1.82) is 0 Å². The van der Waals surface area contributed by atoms with E-state index < -0.39 is 0 Å². The minimum atomic E-state index is 0.108. The Balaban J connectivity index is 1.34. The molecule has 1 saturated heterocycles. The third-order valence-electron chi connectivity index (χ3n) is 5.71. The van der Waals surface area contributed by atoms with Crippen LogP contribution in [0.3, 0.4) is 0 Å². The van der Waals surface area contributed by atoms with E-state index >= 15 is 0 Å². The van der Waals surface area contributed by atoms with Crippen LogP contribution in [0.4, 0.5) is 0 Å². The van der Waals surface area contributed by atoms with E-state index in [0.717, 1.165) is 24.1 Å². The number of aromatic nitrogens is 3. The first-order chi connectivity index (χ1) is 11.2. The molecular weight excluding hydrogens is 312 g/mol. The molecule has 4 rings (SSSR count). The molecule has 2 saturated carbocycles. The summed E-state index contributed by atoms with van der Waals surface area (Å²) in [5, 5.41) is 11.9. The normalized spacial score (nSPS) is 33.4. The first-order valence-electron chi connectivity index (χ1n) is 8.62. The van der Waals surface area contributed by atoms with Gasteiger partial charge in [0, 0.05) is 31.5 Å². The highest BCUT2D eigenvalue weighted by Crippen LogP contribution is 2.51. The van der Waals surface area contributed by atoms with Gasteiger partial charge in [-0.1, -0.05) is 37.4 Å². The predicted molar refractivity (Wildman–Crippen MR) is 87.0 cm³/mol. The van der Waals surface area contributed by atoms with Gasteiger partial charge in [0.2, 0.25) is 5.91 Å². The quantitative estimate of drug-likeness (QED) is 0.828. The van der Waals surface area contributed by atoms with Crippen molar-refractivity contribution >= 4 is 17.7 Å². The summed E-state index contributed by atoms with van der Waals surface area (Å²) in [6.07, 6.45) is 8.42. The summed E-state index contributed by atoms with van der Waals surface area (Å²) in [5.41, 5.74) is 0. The number of ether oxygens (including phenoxy) is 1. The monoisotopic (exact) mass is 336 g/mol. The zero-order chi connectivity index (χ0) is 15.8. The van der Waals surface area contributed by atoms with Crippen LogP contribution in [-0.4, -0.2) is 45.2 Å². The Morgan fingerprint density at radius 2 is 2.26 bits per heavy atom. The highest BCUT2D eigenvalue weighted by molar-refractivity contribution is 7.99. The zero-order valence-corrected chi connectivity index (χ0v) is 14.3. The van der Waals surface area contributed by atoms with Crippen molar-refractivity contribution in [3.8, 4) is 0 Å². The van der Waals surface area contributed by atoms with E-state index in [-0.39, 0.29) is 5.91 Å². The average molecular weight is 336 g/mol. The molecule has 0 aromatic carbocycles. The number of carbonyl (C=O) groups is 1. The molecule has 1 amide bonds. The van der Waals surface area contributed by atoms with Crippen LogP contribution in [0.25, 0.3) is 0 Å². The number of hydrogen-bond donors (Lipinski definition) is 1. The Bertz CT molecular complexity index is 567. The maximum Gasteiger partial charge on any atom is 0.230 e. The molecule has 1 N–H and O–H groups in total. The zero-order valence-electron chi connectivity index (χ0n) is 13.5. The Labute approximate surface area is 140 Å². The maximum atomic E-state index is 12.4. The lowest BCUT2D eigenvalue weighted by Gasteiger charge is -2.50. The number of nitrogens with one attached hydrogen (secondary N) is 1. The summed E-state index contributed by atoms with van der Waals surface area (Å²) in [6, 6.07) is 0.318. The van der Waals surface area contributed by atoms with E-state index in [1.807, 2.05) is 11.6 Å². The topological polar surface area (TPSA) is 69.0 Å². The summed E-state index contributed by atoms with van der Waals surface area (Å²) < 4.78 is 7.78. The van der Waals surface area contributed by atoms with Gasteiger partial charge in [-0.3, -0.25) is 4.79 Å². The highest BCUT2D eigenvalue weighted by Gasteiger charge is 2.56. The van der Waals surface area contributed by atoms with Crippen LogP contribution in [0.15, 0.2) is 11.5 Å². The molecule has 6 nitrogen and oxygen atoms in total. The van der Waals surface area contributed by atoms with Crippen molar-refractivity contribution in [2.24, 2.45) is 24.8 Å². The minimum Gasteiger partial charge on any atom is -0.377 e. The number of aryl methyl sites for hydroxylation is 1. The smallest absolute Gasteiger partial charge is 0.230 e. The summed E-state index contributed by atoms with van der Waals surface area (Å²) in [5.74, 6) is 2.32. The van der Waals surface area contributed by atoms with E-state index in [4.69, 9.17) is 4.74 Å². The van der Waals surface area contributed by atoms with Gasteiger partial charge in [0.25, 0.3) is 0 Å². The number of carbonyl (C=O) groups excluding carboxylic acids is 1. The van der Waals surface area contributed by atoms with Gasteiger partial charge >= 0.3 is 0 Å². The lowest BCUT2D eigenvalue weighted by atomic mass is 9.61. The highest BCUT2D eigenvalue weighted by atomic mass is 32.2.